The molecule has 23 heavy (non-hydrogen) atoms. The van der Waals surface area contributed by atoms with Gasteiger partial charge in [0, 0.05) is 18.7 Å². The molecule has 0 N–H and O–H groups in total. The Balaban J connectivity index is 1.55. The molecule has 4 rings (SSSR count). The molecule has 0 aliphatic carbocycles. The SMILES string of the molecule is Cc1ccc(N2CC(c3nc(-c4cccs4)no3)CC2=O)cc1. The zero-order valence-corrected chi connectivity index (χ0v) is 13.4. The van der Waals surface area contributed by atoms with Gasteiger partial charge in [-0.25, -0.2) is 0 Å². The first kappa shape index (κ1) is 14.1. The molecule has 5 nitrogen and oxygen atoms in total. The number of aromatic nitrogens is 2. The van der Waals surface area contributed by atoms with E-state index < -0.39 is 0 Å². The van der Waals surface area contributed by atoms with Crippen LogP contribution in [0.4, 0.5) is 5.69 Å². The second kappa shape index (κ2) is 5.62. The zero-order valence-electron chi connectivity index (χ0n) is 12.6. The lowest BCUT2D eigenvalue weighted by atomic mass is 10.1. The van der Waals surface area contributed by atoms with Crippen molar-refractivity contribution in [1.82, 2.24) is 10.1 Å². The maximum atomic E-state index is 12.3. The number of carbonyl (C=O) groups is 1. The normalized spacial score (nSPS) is 17.9. The van der Waals surface area contributed by atoms with Gasteiger partial charge in [-0.15, -0.1) is 11.3 Å². The Morgan fingerprint density at radius 1 is 1.26 bits per heavy atom. The van der Waals surface area contributed by atoms with Crippen molar-refractivity contribution in [1.29, 1.82) is 0 Å². The maximum Gasteiger partial charge on any atom is 0.232 e. The molecule has 0 radical (unpaired) electrons. The van der Waals surface area contributed by atoms with Crippen LogP contribution in [0.5, 0.6) is 0 Å². The number of amides is 1. The van der Waals surface area contributed by atoms with Crippen molar-refractivity contribution in [2.75, 3.05) is 11.4 Å². The van der Waals surface area contributed by atoms with Crippen LogP contribution in [0.2, 0.25) is 0 Å². The van der Waals surface area contributed by atoms with Crippen LogP contribution >= 0.6 is 11.3 Å². The van der Waals surface area contributed by atoms with Crippen LogP contribution in [0.3, 0.4) is 0 Å². The average Bonchev–Trinajstić information content (AvgIpc) is 3.27. The number of benzene rings is 1. The predicted octanol–water partition coefficient (Wildman–Crippen LogP) is 3.63. The van der Waals surface area contributed by atoms with E-state index in [0.29, 0.717) is 24.7 Å². The van der Waals surface area contributed by atoms with E-state index >= 15 is 0 Å². The summed E-state index contributed by atoms with van der Waals surface area (Å²) in [5, 5.41) is 6.01. The molecular formula is C17H15N3O2S. The van der Waals surface area contributed by atoms with Gasteiger partial charge in [0.15, 0.2) is 0 Å². The first-order valence-corrected chi connectivity index (χ1v) is 8.33. The Morgan fingerprint density at radius 3 is 2.83 bits per heavy atom. The summed E-state index contributed by atoms with van der Waals surface area (Å²) < 4.78 is 5.39. The van der Waals surface area contributed by atoms with E-state index in [1.54, 1.807) is 16.2 Å². The van der Waals surface area contributed by atoms with Gasteiger partial charge >= 0.3 is 0 Å². The third-order valence-electron chi connectivity index (χ3n) is 4.00. The van der Waals surface area contributed by atoms with Gasteiger partial charge in [-0.3, -0.25) is 4.79 Å². The van der Waals surface area contributed by atoms with Crippen LogP contribution in [-0.2, 0) is 4.79 Å². The van der Waals surface area contributed by atoms with E-state index in [-0.39, 0.29) is 11.8 Å². The van der Waals surface area contributed by atoms with Crippen LogP contribution in [0, 0.1) is 6.92 Å². The van der Waals surface area contributed by atoms with E-state index in [1.807, 2.05) is 48.7 Å². The lowest BCUT2D eigenvalue weighted by Crippen LogP contribution is -2.24. The van der Waals surface area contributed by atoms with Gasteiger partial charge in [0.1, 0.15) is 0 Å². The fourth-order valence-corrected chi connectivity index (χ4v) is 3.40. The van der Waals surface area contributed by atoms with Crippen LogP contribution in [0.1, 0.15) is 23.8 Å². The molecule has 1 amide bonds. The van der Waals surface area contributed by atoms with Gasteiger partial charge in [-0.05, 0) is 30.5 Å². The van der Waals surface area contributed by atoms with Gasteiger partial charge in [0.05, 0.1) is 10.8 Å². The van der Waals surface area contributed by atoms with Gasteiger partial charge in [-0.1, -0.05) is 28.9 Å². The smallest absolute Gasteiger partial charge is 0.232 e. The number of rotatable bonds is 3. The predicted molar refractivity (Wildman–Crippen MR) is 88.5 cm³/mol. The van der Waals surface area contributed by atoms with E-state index in [1.165, 1.54) is 5.56 Å². The molecule has 1 aliphatic rings. The quantitative estimate of drug-likeness (QED) is 0.738. The highest BCUT2D eigenvalue weighted by molar-refractivity contribution is 7.13. The highest BCUT2D eigenvalue weighted by Crippen LogP contribution is 2.32. The van der Waals surface area contributed by atoms with E-state index in [0.717, 1.165) is 10.6 Å². The van der Waals surface area contributed by atoms with Crippen molar-refractivity contribution in [3.05, 3.63) is 53.2 Å². The molecule has 6 heteroatoms. The summed E-state index contributed by atoms with van der Waals surface area (Å²) in [5.41, 5.74) is 2.09. The lowest BCUT2D eigenvalue weighted by Gasteiger charge is -2.16. The van der Waals surface area contributed by atoms with Crippen molar-refractivity contribution < 1.29 is 9.32 Å². The topological polar surface area (TPSA) is 59.2 Å². The van der Waals surface area contributed by atoms with Gasteiger partial charge in [-0.2, -0.15) is 4.98 Å². The first-order chi connectivity index (χ1) is 11.2. The Labute approximate surface area is 137 Å². The lowest BCUT2D eigenvalue weighted by molar-refractivity contribution is -0.117. The molecule has 1 fully saturated rings. The summed E-state index contributed by atoms with van der Waals surface area (Å²) in [6.45, 7) is 2.61. The van der Waals surface area contributed by atoms with Crippen molar-refractivity contribution >= 4 is 22.9 Å². The zero-order chi connectivity index (χ0) is 15.8. The van der Waals surface area contributed by atoms with E-state index in [4.69, 9.17) is 4.52 Å². The summed E-state index contributed by atoms with van der Waals surface area (Å²) in [5.74, 6) is 1.17. The molecule has 3 aromatic rings. The minimum atomic E-state index is -0.0509. The minimum Gasteiger partial charge on any atom is -0.339 e. The third-order valence-corrected chi connectivity index (χ3v) is 4.87. The van der Waals surface area contributed by atoms with E-state index in [9.17, 15) is 4.79 Å². The van der Waals surface area contributed by atoms with Crippen LogP contribution in [0.15, 0.2) is 46.3 Å². The van der Waals surface area contributed by atoms with E-state index in [2.05, 4.69) is 10.1 Å². The summed E-state index contributed by atoms with van der Waals surface area (Å²) in [6, 6.07) is 11.9. The number of carbonyl (C=O) groups excluding carboxylic acids is 1. The molecule has 2 aromatic heterocycles. The molecule has 1 unspecified atom stereocenters. The molecule has 0 spiro atoms. The summed E-state index contributed by atoms with van der Waals surface area (Å²) in [6.07, 6.45) is 0.403. The fourth-order valence-electron chi connectivity index (χ4n) is 2.75. The van der Waals surface area contributed by atoms with Crippen LogP contribution < -0.4 is 4.90 Å². The molecule has 0 bridgehead atoms. The fraction of sp³-hybridized carbons (Fsp3) is 0.235. The summed E-state index contributed by atoms with van der Waals surface area (Å²) in [7, 11) is 0. The molecule has 1 aliphatic heterocycles. The highest BCUT2D eigenvalue weighted by atomic mass is 32.1. The first-order valence-electron chi connectivity index (χ1n) is 7.45. The van der Waals surface area contributed by atoms with Crippen LogP contribution in [-0.4, -0.2) is 22.6 Å². The third kappa shape index (κ3) is 2.66. The monoisotopic (exact) mass is 325 g/mol. The van der Waals surface area contributed by atoms with Gasteiger partial charge in [0.2, 0.25) is 17.6 Å². The number of thiophene rings is 1. The van der Waals surface area contributed by atoms with Gasteiger partial charge < -0.3 is 9.42 Å². The molecular weight excluding hydrogens is 310 g/mol. The Morgan fingerprint density at radius 2 is 2.09 bits per heavy atom. The average molecular weight is 325 g/mol. The Hall–Kier alpha value is -2.47. The molecule has 0 saturated carbocycles. The summed E-state index contributed by atoms with van der Waals surface area (Å²) in [4.78, 5) is 19.5. The van der Waals surface area contributed by atoms with Crippen molar-refractivity contribution in [2.24, 2.45) is 0 Å². The molecule has 116 valence electrons. The van der Waals surface area contributed by atoms with Crippen molar-refractivity contribution in [3.63, 3.8) is 0 Å². The Bertz CT molecular complexity index is 824. The van der Waals surface area contributed by atoms with Crippen molar-refractivity contribution in [3.8, 4) is 10.7 Å². The minimum absolute atomic E-state index is 0.0509. The number of nitrogens with zero attached hydrogens (tertiary/aromatic N) is 3. The summed E-state index contributed by atoms with van der Waals surface area (Å²) >= 11 is 1.57. The number of hydrogen-bond acceptors (Lipinski definition) is 5. The molecule has 1 atom stereocenters. The maximum absolute atomic E-state index is 12.3. The van der Waals surface area contributed by atoms with Crippen molar-refractivity contribution in [2.45, 2.75) is 19.3 Å². The molecule has 3 heterocycles. The number of anilines is 1. The molecule has 1 aromatic carbocycles. The Kier molecular flexibility index (Phi) is 3.46. The standard InChI is InChI=1S/C17H15N3O2S/c1-11-4-6-13(7-5-11)20-10-12(9-15(20)21)17-18-16(19-22-17)14-3-2-8-23-14/h2-8,12H,9-10H2,1H3. The number of hydrogen-bond donors (Lipinski definition) is 0. The highest BCUT2D eigenvalue weighted by Gasteiger charge is 2.35. The van der Waals surface area contributed by atoms with Crippen LogP contribution in [0.25, 0.3) is 10.7 Å². The largest absolute Gasteiger partial charge is 0.339 e. The van der Waals surface area contributed by atoms with Gasteiger partial charge in [0.25, 0.3) is 0 Å². The second-order valence-electron chi connectivity index (χ2n) is 5.67. The second-order valence-corrected chi connectivity index (χ2v) is 6.62. The molecule has 1 saturated heterocycles. The number of aryl methyl sites for hydroxylation is 1.